The summed E-state index contributed by atoms with van der Waals surface area (Å²) >= 11 is 0. The van der Waals surface area contributed by atoms with Crippen molar-refractivity contribution in [2.75, 3.05) is 33.2 Å². The number of hydrogen-bond acceptors (Lipinski definition) is 2. The van der Waals surface area contributed by atoms with E-state index in [-0.39, 0.29) is 18.0 Å². The minimum absolute atomic E-state index is 0.0449. The van der Waals surface area contributed by atoms with E-state index in [2.05, 4.69) is 48.5 Å². The summed E-state index contributed by atoms with van der Waals surface area (Å²) in [7, 11) is 2.25. The predicted molar refractivity (Wildman–Crippen MR) is 97.7 cm³/mol. The van der Waals surface area contributed by atoms with Crippen LogP contribution in [0.5, 0.6) is 0 Å². The highest BCUT2D eigenvalue weighted by atomic mass is 16.1. The predicted octanol–water partition coefficient (Wildman–Crippen LogP) is -0.646. The van der Waals surface area contributed by atoms with E-state index < -0.39 is 0 Å². The Morgan fingerprint density at radius 2 is 1.80 bits per heavy atom. The lowest BCUT2D eigenvalue weighted by molar-refractivity contribution is -1.02. The molecule has 0 bridgehead atoms. The van der Waals surface area contributed by atoms with Crippen LogP contribution in [0, 0.1) is 0 Å². The second-order valence-corrected chi connectivity index (χ2v) is 7.01. The van der Waals surface area contributed by atoms with Crippen molar-refractivity contribution in [1.29, 1.82) is 0 Å². The number of nitrogens with zero attached hydrogens (tertiary/aromatic N) is 1. The van der Waals surface area contributed by atoms with E-state index in [1.807, 2.05) is 6.07 Å². The summed E-state index contributed by atoms with van der Waals surface area (Å²) in [5, 5.41) is 3.20. The van der Waals surface area contributed by atoms with Crippen LogP contribution < -0.4 is 15.1 Å². The first kappa shape index (κ1) is 17.6. The van der Waals surface area contributed by atoms with Gasteiger partial charge in [-0.05, 0) is 19.1 Å². The maximum atomic E-state index is 12.6. The monoisotopic (exact) mass is 340 g/mol. The number of rotatable bonds is 5. The molecule has 1 aliphatic heterocycles. The molecule has 2 heterocycles. The Balaban J connectivity index is 1.77. The fraction of sp³-hybridized carbons (Fsp3) is 0.400. The third kappa shape index (κ3) is 4.44. The molecule has 0 saturated carbocycles. The fourth-order valence-electron chi connectivity index (χ4n) is 3.72. The second kappa shape index (κ2) is 8.23. The van der Waals surface area contributed by atoms with Gasteiger partial charge in [-0.25, -0.2) is 0 Å². The molecular formula is C20H28N4O+2. The zero-order valence-corrected chi connectivity index (χ0v) is 15.0. The Labute approximate surface area is 149 Å². The van der Waals surface area contributed by atoms with E-state index in [1.54, 1.807) is 34.3 Å². The van der Waals surface area contributed by atoms with Gasteiger partial charge in [-0.15, -0.1) is 0 Å². The molecule has 0 spiro atoms. The minimum atomic E-state index is -0.0549. The van der Waals surface area contributed by atoms with E-state index in [1.165, 1.54) is 18.7 Å². The number of piperazine rings is 1. The van der Waals surface area contributed by atoms with Gasteiger partial charge in [0.05, 0.1) is 18.7 Å². The molecule has 0 aliphatic carbocycles. The zero-order chi connectivity index (χ0) is 17.6. The number of pyridine rings is 1. The Hall–Kier alpha value is -2.24. The van der Waals surface area contributed by atoms with E-state index in [0.717, 1.165) is 13.1 Å². The van der Waals surface area contributed by atoms with E-state index in [4.69, 9.17) is 0 Å². The summed E-state index contributed by atoms with van der Waals surface area (Å²) < 4.78 is 0. The van der Waals surface area contributed by atoms with Crippen LogP contribution in [-0.2, 0) is 0 Å². The van der Waals surface area contributed by atoms with Crippen LogP contribution in [0.25, 0.3) is 0 Å². The number of amides is 1. The molecule has 3 N–H and O–H groups in total. The number of nitrogens with one attached hydrogen (secondary N) is 3. The summed E-state index contributed by atoms with van der Waals surface area (Å²) in [6.07, 6.45) is 3.30. The van der Waals surface area contributed by atoms with E-state index in [9.17, 15) is 4.79 Å². The average molecular weight is 340 g/mol. The molecule has 1 amide bonds. The minimum Gasteiger partial charge on any atom is -0.343 e. The van der Waals surface area contributed by atoms with Crippen LogP contribution >= 0.6 is 0 Å². The van der Waals surface area contributed by atoms with Crippen molar-refractivity contribution in [2.24, 2.45) is 0 Å². The van der Waals surface area contributed by atoms with Crippen molar-refractivity contribution in [3.8, 4) is 0 Å². The number of quaternary nitrogens is 2. The lowest BCUT2D eigenvalue weighted by Gasteiger charge is -2.36. The van der Waals surface area contributed by atoms with Crippen molar-refractivity contribution in [1.82, 2.24) is 10.3 Å². The topological polar surface area (TPSA) is 50.9 Å². The summed E-state index contributed by atoms with van der Waals surface area (Å²) in [4.78, 5) is 19.7. The number of carbonyl (C=O) groups is 1. The third-order valence-corrected chi connectivity index (χ3v) is 5.13. The highest BCUT2D eigenvalue weighted by Crippen LogP contribution is 2.14. The summed E-state index contributed by atoms with van der Waals surface area (Å²) in [6, 6.07) is 14.5. The van der Waals surface area contributed by atoms with Gasteiger partial charge in [0.15, 0.2) is 0 Å². The molecule has 2 aromatic rings. The molecule has 1 aromatic heterocycles. The molecule has 25 heavy (non-hydrogen) atoms. The van der Waals surface area contributed by atoms with Crippen molar-refractivity contribution in [2.45, 2.75) is 19.0 Å². The van der Waals surface area contributed by atoms with E-state index in [0.29, 0.717) is 5.56 Å². The van der Waals surface area contributed by atoms with Crippen molar-refractivity contribution in [3.63, 3.8) is 0 Å². The number of carbonyl (C=O) groups excluding carboxylic acids is 1. The van der Waals surface area contributed by atoms with Crippen molar-refractivity contribution < 1.29 is 14.6 Å². The number of likely N-dealkylation sites (N-methyl/N-ethyl adjacent to an activating group) is 1. The second-order valence-electron chi connectivity index (χ2n) is 7.01. The molecule has 132 valence electrons. The quantitative estimate of drug-likeness (QED) is 0.678. The zero-order valence-electron chi connectivity index (χ0n) is 15.0. The Kier molecular flexibility index (Phi) is 5.79. The first-order valence-electron chi connectivity index (χ1n) is 9.07. The van der Waals surface area contributed by atoms with Gasteiger partial charge in [-0.3, -0.25) is 9.78 Å². The lowest BCUT2D eigenvalue weighted by atomic mass is 9.97. The van der Waals surface area contributed by atoms with Gasteiger partial charge >= 0.3 is 0 Å². The van der Waals surface area contributed by atoms with Gasteiger partial charge in [0.2, 0.25) is 0 Å². The molecule has 1 fully saturated rings. The third-order valence-electron chi connectivity index (χ3n) is 5.13. The van der Waals surface area contributed by atoms with Crippen LogP contribution in [0.15, 0.2) is 54.9 Å². The first-order chi connectivity index (χ1) is 12.1. The largest absolute Gasteiger partial charge is 0.343 e. The maximum absolute atomic E-state index is 12.6. The van der Waals surface area contributed by atoms with Crippen LogP contribution in [0.1, 0.15) is 28.9 Å². The lowest BCUT2D eigenvalue weighted by Crippen LogP contribution is -3.27. The molecular weight excluding hydrogens is 312 g/mol. The highest BCUT2D eigenvalue weighted by Gasteiger charge is 2.34. The molecule has 1 aromatic carbocycles. The average Bonchev–Trinajstić information content (AvgIpc) is 2.65. The number of benzene rings is 1. The normalized spacial score (nSPS) is 22.8. The van der Waals surface area contributed by atoms with Gasteiger partial charge < -0.3 is 15.1 Å². The van der Waals surface area contributed by atoms with Gasteiger partial charge in [0.1, 0.15) is 32.2 Å². The SMILES string of the molecule is C[C@@H](NC(=O)c1cccnc1)[C@H](c1ccccc1)[NH+]1CC[NH+](C)CC1. The van der Waals surface area contributed by atoms with Gasteiger partial charge in [-0.1, -0.05) is 30.3 Å². The number of aromatic nitrogens is 1. The summed E-state index contributed by atoms with van der Waals surface area (Å²) in [6.45, 7) is 6.70. The molecule has 0 unspecified atom stereocenters. The Bertz CT molecular complexity index is 669. The highest BCUT2D eigenvalue weighted by molar-refractivity contribution is 5.94. The van der Waals surface area contributed by atoms with Crippen LogP contribution in [0.2, 0.25) is 0 Å². The van der Waals surface area contributed by atoms with Crippen LogP contribution in [0.4, 0.5) is 0 Å². The van der Waals surface area contributed by atoms with Gasteiger partial charge in [0.25, 0.3) is 5.91 Å². The number of hydrogen-bond donors (Lipinski definition) is 3. The van der Waals surface area contributed by atoms with Crippen LogP contribution in [0.3, 0.4) is 0 Å². The smallest absolute Gasteiger partial charge is 0.253 e. The molecule has 3 rings (SSSR count). The van der Waals surface area contributed by atoms with Crippen LogP contribution in [-0.4, -0.2) is 50.2 Å². The molecule has 2 atom stereocenters. The first-order valence-corrected chi connectivity index (χ1v) is 9.07. The molecule has 5 nitrogen and oxygen atoms in total. The fourth-order valence-corrected chi connectivity index (χ4v) is 3.72. The summed E-state index contributed by atoms with van der Waals surface area (Å²) in [5.74, 6) is -0.0549. The molecule has 1 aliphatic rings. The Morgan fingerprint density at radius 1 is 1.08 bits per heavy atom. The van der Waals surface area contributed by atoms with Gasteiger partial charge in [0, 0.05) is 18.0 Å². The molecule has 5 heteroatoms. The van der Waals surface area contributed by atoms with Gasteiger partial charge in [-0.2, -0.15) is 0 Å². The Morgan fingerprint density at radius 3 is 2.44 bits per heavy atom. The van der Waals surface area contributed by atoms with Crippen molar-refractivity contribution in [3.05, 3.63) is 66.0 Å². The standard InChI is InChI=1S/C20H26N4O/c1-16(22-20(25)18-9-6-10-21-15-18)19(17-7-4-3-5-8-17)24-13-11-23(2)12-14-24/h3-10,15-16,19H,11-14H2,1-2H3,(H,22,25)/p+2/t16-,19-/m1/s1. The van der Waals surface area contributed by atoms with Crippen molar-refractivity contribution >= 4 is 5.91 Å². The molecule has 0 radical (unpaired) electrons. The molecule has 1 saturated heterocycles. The summed E-state index contributed by atoms with van der Waals surface area (Å²) in [5.41, 5.74) is 1.90. The van der Waals surface area contributed by atoms with E-state index >= 15 is 0 Å². The maximum Gasteiger partial charge on any atom is 0.253 e.